The molecule has 0 radical (unpaired) electrons. The minimum absolute atomic E-state index is 0.0496. The lowest BCUT2D eigenvalue weighted by Crippen LogP contribution is -2.42. The molecule has 144 valence electrons. The SMILES string of the molecule is O=C(NN=Cc1ccc(F)cc1F)C1CCN(S(=O)(=O)c2cccs2)CC1. The molecule has 0 atom stereocenters. The van der Waals surface area contributed by atoms with E-state index in [2.05, 4.69) is 10.5 Å². The topological polar surface area (TPSA) is 78.8 Å². The number of halogens is 2. The molecule has 1 saturated heterocycles. The highest BCUT2D eigenvalue weighted by Crippen LogP contribution is 2.26. The second-order valence-corrected chi connectivity index (χ2v) is 9.12. The molecular weight excluding hydrogens is 396 g/mol. The minimum atomic E-state index is -3.51. The molecular formula is C17H17F2N3O3S2. The predicted octanol–water partition coefficient (Wildman–Crippen LogP) is 2.58. The third kappa shape index (κ3) is 4.57. The first kappa shape index (κ1) is 19.6. The van der Waals surface area contributed by atoms with Crippen molar-refractivity contribution in [3.63, 3.8) is 0 Å². The van der Waals surface area contributed by atoms with Crippen molar-refractivity contribution in [2.45, 2.75) is 17.1 Å². The van der Waals surface area contributed by atoms with Crippen molar-refractivity contribution < 1.29 is 22.0 Å². The van der Waals surface area contributed by atoms with Gasteiger partial charge in [-0.3, -0.25) is 4.79 Å². The molecule has 1 amide bonds. The highest BCUT2D eigenvalue weighted by molar-refractivity contribution is 7.91. The van der Waals surface area contributed by atoms with Gasteiger partial charge < -0.3 is 0 Å². The quantitative estimate of drug-likeness (QED) is 0.605. The summed E-state index contributed by atoms with van der Waals surface area (Å²) in [6.45, 7) is 0.489. The Morgan fingerprint density at radius 1 is 1.26 bits per heavy atom. The van der Waals surface area contributed by atoms with Crippen LogP contribution in [0.15, 0.2) is 45.0 Å². The van der Waals surface area contributed by atoms with Gasteiger partial charge in [-0.2, -0.15) is 9.41 Å². The fraction of sp³-hybridized carbons (Fsp3) is 0.294. The number of nitrogens with zero attached hydrogens (tertiary/aromatic N) is 2. The third-order valence-corrected chi connectivity index (χ3v) is 7.53. The highest BCUT2D eigenvalue weighted by Gasteiger charge is 2.32. The molecule has 0 saturated carbocycles. The van der Waals surface area contributed by atoms with Gasteiger partial charge in [-0.25, -0.2) is 22.6 Å². The lowest BCUT2D eigenvalue weighted by atomic mass is 9.98. The molecule has 0 aliphatic carbocycles. The number of benzene rings is 1. The number of thiophene rings is 1. The van der Waals surface area contributed by atoms with Gasteiger partial charge in [0, 0.05) is 30.6 Å². The van der Waals surface area contributed by atoms with Gasteiger partial charge in [0.1, 0.15) is 15.8 Å². The number of rotatable bonds is 5. The monoisotopic (exact) mass is 413 g/mol. The zero-order valence-corrected chi connectivity index (χ0v) is 15.8. The van der Waals surface area contributed by atoms with Crippen molar-refractivity contribution in [3.8, 4) is 0 Å². The lowest BCUT2D eigenvalue weighted by Gasteiger charge is -2.29. The van der Waals surface area contributed by atoms with Gasteiger partial charge in [0.05, 0.1) is 6.21 Å². The van der Waals surface area contributed by atoms with E-state index in [9.17, 15) is 22.0 Å². The molecule has 0 spiro atoms. The van der Waals surface area contributed by atoms with Crippen LogP contribution < -0.4 is 5.43 Å². The maximum absolute atomic E-state index is 13.5. The number of carbonyl (C=O) groups excluding carboxylic acids is 1. The standard InChI is InChI=1S/C17H17F2N3O3S2/c18-14-4-3-13(15(19)10-14)11-20-21-17(23)12-5-7-22(8-6-12)27(24,25)16-2-1-9-26-16/h1-4,9-12H,5-8H2,(H,21,23). The minimum Gasteiger partial charge on any atom is -0.273 e. The van der Waals surface area contributed by atoms with Crippen LogP contribution in [0.4, 0.5) is 8.78 Å². The molecule has 0 bridgehead atoms. The van der Waals surface area contributed by atoms with E-state index in [1.54, 1.807) is 17.5 Å². The fourth-order valence-corrected chi connectivity index (χ4v) is 5.37. The number of sulfonamides is 1. The summed E-state index contributed by atoms with van der Waals surface area (Å²) in [4.78, 5) is 12.2. The first-order chi connectivity index (χ1) is 12.9. The van der Waals surface area contributed by atoms with Crippen molar-refractivity contribution in [1.29, 1.82) is 0 Å². The van der Waals surface area contributed by atoms with Crippen LogP contribution in [0.3, 0.4) is 0 Å². The Hall–Kier alpha value is -2.17. The molecule has 1 aliphatic rings. The van der Waals surface area contributed by atoms with Crippen LogP contribution in [0, 0.1) is 17.6 Å². The number of hydrogen-bond acceptors (Lipinski definition) is 5. The first-order valence-corrected chi connectivity index (χ1v) is 10.5. The van der Waals surface area contributed by atoms with Gasteiger partial charge in [0.25, 0.3) is 10.0 Å². The van der Waals surface area contributed by atoms with E-state index in [4.69, 9.17) is 0 Å². The average molecular weight is 413 g/mol. The molecule has 1 fully saturated rings. The van der Waals surface area contributed by atoms with Gasteiger partial charge in [-0.15, -0.1) is 11.3 Å². The summed E-state index contributed by atoms with van der Waals surface area (Å²) in [5.74, 6) is -2.21. The molecule has 27 heavy (non-hydrogen) atoms. The van der Waals surface area contributed by atoms with Crippen molar-refractivity contribution in [2.75, 3.05) is 13.1 Å². The van der Waals surface area contributed by atoms with E-state index >= 15 is 0 Å². The van der Waals surface area contributed by atoms with Crippen LogP contribution in [0.1, 0.15) is 18.4 Å². The maximum Gasteiger partial charge on any atom is 0.252 e. The van der Waals surface area contributed by atoms with E-state index in [-0.39, 0.29) is 34.7 Å². The number of carbonyl (C=O) groups is 1. The Balaban J connectivity index is 1.53. The van der Waals surface area contributed by atoms with Gasteiger partial charge in [-0.1, -0.05) is 6.07 Å². The molecule has 6 nitrogen and oxygen atoms in total. The molecule has 1 aromatic carbocycles. The number of hydrogen-bond donors (Lipinski definition) is 1. The Bertz CT molecular complexity index is 938. The molecule has 10 heteroatoms. The van der Waals surface area contributed by atoms with Crippen LogP contribution in [0.25, 0.3) is 0 Å². The second kappa shape index (κ2) is 8.24. The van der Waals surface area contributed by atoms with Crippen LogP contribution in [0.2, 0.25) is 0 Å². The first-order valence-electron chi connectivity index (χ1n) is 8.19. The van der Waals surface area contributed by atoms with Crippen molar-refractivity contribution in [1.82, 2.24) is 9.73 Å². The van der Waals surface area contributed by atoms with Crippen molar-refractivity contribution in [3.05, 3.63) is 52.9 Å². The zero-order valence-electron chi connectivity index (χ0n) is 14.1. The molecule has 1 aliphatic heterocycles. The molecule has 2 heterocycles. The smallest absolute Gasteiger partial charge is 0.252 e. The van der Waals surface area contributed by atoms with E-state index in [0.29, 0.717) is 12.8 Å². The van der Waals surface area contributed by atoms with Gasteiger partial charge in [-0.05, 0) is 36.4 Å². The number of piperidine rings is 1. The van der Waals surface area contributed by atoms with E-state index in [0.717, 1.165) is 29.7 Å². The molecule has 3 rings (SSSR count). The number of hydrazone groups is 1. The maximum atomic E-state index is 13.5. The van der Waals surface area contributed by atoms with Gasteiger partial charge in [0.15, 0.2) is 0 Å². The molecule has 0 unspecified atom stereocenters. The zero-order chi connectivity index (χ0) is 19.4. The van der Waals surface area contributed by atoms with E-state index < -0.39 is 21.7 Å². The lowest BCUT2D eigenvalue weighted by molar-refractivity contribution is -0.126. The molecule has 1 N–H and O–H groups in total. The van der Waals surface area contributed by atoms with Gasteiger partial charge >= 0.3 is 0 Å². The summed E-state index contributed by atoms with van der Waals surface area (Å²) in [5, 5.41) is 5.40. The Kier molecular flexibility index (Phi) is 5.98. The fourth-order valence-electron chi connectivity index (χ4n) is 2.76. The van der Waals surface area contributed by atoms with Crippen LogP contribution in [-0.2, 0) is 14.8 Å². The number of nitrogens with one attached hydrogen (secondary N) is 1. The van der Waals surface area contributed by atoms with Crippen LogP contribution >= 0.6 is 11.3 Å². The van der Waals surface area contributed by atoms with E-state index in [1.165, 1.54) is 10.4 Å². The summed E-state index contributed by atoms with van der Waals surface area (Å²) >= 11 is 1.16. The van der Waals surface area contributed by atoms with Crippen molar-refractivity contribution >= 4 is 33.5 Å². The van der Waals surface area contributed by atoms with Crippen LogP contribution in [0.5, 0.6) is 0 Å². The summed E-state index contributed by atoms with van der Waals surface area (Å²) in [7, 11) is -3.51. The molecule has 1 aromatic heterocycles. The second-order valence-electron chi connectivity index (χ2n) is 6.01. The van der Waals surface area contributed by atoms with Crippen molar-refractivity contribution in [2.24, 2.45) is 11.0 Å². The number of amides is 1. The summed E-state index contributed by atoms with van der Waals surface area (Å²) in [5.41, 5.74) is 2.38. The van der Waals surface area contributed by atoms with E-state index in [1.807, 2.05) is 0 Å². The Morgan fingerprint density at radius 3 is 2.63 bits per heavy atom. The highest BCUT2D eigenvalue weighted by atomic mass is 32.2. The van der Waals surface area contributed by atoms with Gasteiger partial charge in [0.2, 0.25) is 5.91 Å². The molecule has 2 aromatic rings. The summed E-state index contributed by atoms with van der Waals surface area (Å²) in [6, 6.07) is 6.28. The summed E-state index contributed by atoms with van der Waals surface area (Å²) < 4.78 is 52.9. The Morgan fingerprint density at radius 2 is 2.00 bits per heavy atom. The normalized spacial score (nSPS) is 16.7. The Labute approximate surface area is 159 Å². The average Bonchev–Trinajstić information content (AvgIpc) is 3.19. The largest absolute Gasteiger partial charge is 0.273 e. The summed E-state index contributed by atoms with van der Waals surface area (Å²) in [6.07, 6.45) is 1.84. The third-order valence-electron chi connectivity index (χ3n) is 4.25. The van der Waals surface area contributed by atoms with Crippen LogP contribution in [-0.4, -0.2) is 37.9 Å². The predicted molar refractivity (Wildman–Crippen MR) is 97.9 cm³/mol.